The highest BCUT2D eigenvalue weighted by molar-refractivity contribution is 7.98. The summed E-state index contributed by atoms with van der Waals surface area (Å²) in [7, 11) is 1.61. The number of imidazole rings is 1. The van der Waals surface area contributed by atoms with Crippen molar-refractivity contribution < 1.29 is 19.1 Å². The van der Waals surface area contributed by atoms with Crippen LogP contribution in [0, 0.1) is 0 Å². The third-order valence-corrected chi connectivity index (χ3v) is 3.89. The van der Waals surface area contributed by atoms with Gasteiger partial charge in [0.25, 0.3) is 0 Å². The molecule has 3 aromatic rings. The molecule has 0 aliphatic heterocycles. The Morgan fingerprint density at radius 1 is 1.48 bits per heavy atom. The second-order valence-electron chi connectivity index (χ2n) is 4.29. The lowest BCUT2D eigenvalue weighted by Crippen LogP contribution is -1.97. The number of thioether (sulfide) groups is 1. The van der Waals surface area contributed by atoms with Crippen LogP contribution in [0.2, 0.25) is 0 Å². The van der Waals surface area contributed by atoms with Crippen LogP contribution in [0.3, 0.4) is 0 Å². The zero-order chi connectivity index (χ0) is 14.8. The summed E-state index contributed by atoms with van der Waals surface area (Å²) in [4.78, 5) is 18.6. The SMILES string of the molecule is COc1ccc2nc(SCc3ccoc3C(=O)O)[nH]c2c1. The minimum absolute atomic E-state index is 0.0275. The van der Waals surface area contributed by atoms with Crippen LogP contribution in [0.4, 0.5) is 0 Å². The van der Waals surface area contributed by atoms with Gasteiger partial charge in [-0.3, -0.25) is 0 Å². The lowest BCUT2D eigenvalue weighted by Gasteiger charge is -1.97. The van der Waals surface area contributed by atoms with Crippen molar-refractivity contribution in [1.82, 2.24) is 9.97 Å². The molecule has 0 saturated carbocycles. The van der Waals surface area contributed by atoms with Crippen molar-refractivity contribution in [3.05, 3.63) is 41.9 Å². The quantitative estimate of drug-likeness (QED) is 0.704. The smallest absolute Gasteiger partial charge is 0.372 e. The van der Waals surface area contributed by atoms with E-state index in [4.69, 9.17) is 14.3 Å². The minimum atomic E-state index is -1.06. The van der Waals surface area contributed by atoms with E-state index >= 15 is 0 Å². The van der Waals surface area contributed by atoms with Crippen molar-refractivity contribution >= 4 is 28.8 Å². The van der Waals surface area contributed by atoms with E-state index in [9.17, 15) is 4.79 Å². The normalized spacial score (nSPS) is 10.9. The van der Waals surface area contributed by atoms with Crippen LogP contribution in [0.15, 0.2) is 40.1 Å². The number of aromatic amines is 1. The molecule has 0 spiro atoms. The van der Waals surface area contributed by atoms with Gasteiger partial charge in [-0.1, -0.05) is 11.8 Å². The fraction of sp³-hybridized carbons (Fsp3) is 0.143. The number of nitrogens with zero attached hydrogens (tertiary/aromatic N) is 1. The predicted octanol–water partition coefficient (Wildman–Crippen LogP) is 3.16. The first-order valence-corrected chi connectivity index (χ1v) is 7.12. The molecular formula is C14H12N2O4S. The molecule has 0 bridgehead atoms. The van der Waals surface area contributed by atoms with E-state index in [1.807, 2.05) is 18.2 Å². The first-order valence-electron chi connectivity index (χ1n) is 6.13. The zero-order valence-electron chi connectivity index (χ0n) is 11.1. The summed E-state index contributed by atoms with van der Waals surface area (Å²) in [6.07, 6.45) is 1.38. The maximum Gasteiger partial charge on any atom is 0.372 e. The average Bonchev–Trinajstić information content (AvgIpc) is 3.10. The number of ether oxygens (including phenoxy) is 1. The Morgan fingerprint density at radius 2 is 2.33 bits per heavy atom. The fourth-order valence-corrected chi connectivity index (χ4v) is 2.81. The van der Waals surface area contributed by atoms with Crippen molar-refractivity contribution in [2.24, 2.45) is 0 Å². The van der Waals surface area contributed by atoms with Gasteiger partial charge in [0.15, 0.2) is 5.16 Å². The fourth-order valence-electron chi connectivity index (χ4n) is 1.94. The van der Waals surface area contributed by atoms with Gasteiger partial charge in [-0.05, 0) is 18.2 Å². The van der Waals surface area contributed by atoms with Crippen LogP contribution in [-0.4, -0.2) is 28.2 Å². The van der Waals surface area contributed by atoms with E-state index in [0.29, 0.717) is 11.3 Å². The van der Waals surface area contributed by atoms with Crippen LogP contribution in [-0.2, 0) is 5.75 Å². The number of benzene rings is 1. The first-order chi connectivity index (χ1) is 10.2. The van der Waals surface area contributed by atoms with E-state index in [1.54, 1.807) is 13.2 Å². The summed E-state index contributed by atoms with van der Waals surface area (Å²) >= 11 is 1.42. The Kier molecular flexibility index (Phi) is 3.57. The number of furan rings is 1. The van der Waals surface area contributed by atoms with Gasteiger partial charge in [0.05, 0.1) is 24.4 Å². The molecule has 1 aromatic carbocycles. The Balaban J connectivity index is 1.79. The Labute approximate surface area is 124 Å². The standard InChI is InChI=1S/C14H12N2O4S/c1-19-9-2-3-10-11(6-9)16-14(15-10)21-7-8-4-5-20-12(8)13(17)18/h2-6H,7H2,1H3,(H,15,16)(H,17,18). The van der Waals surface area contributed by atoms with E-state index in [-0.39, 0.29) is 5.76 Å². The highest BCUT2D eigenvalue weighted by atomic mass is 32.2. The van der Waals surface area contributed by atoms with Gasteiger partial charge >= 0.3 is 5.97 Å². The highest BCUT2D eigenvalue weighted by Gasteiger charge is 2.14. The molecule has 0 aliphatic rings. The molecule has 21 heavy (non-hydrogen) atoms. The molecule has 108 valence electrons. The van der Waals surface area contributed by atoms with Crippen LogP contribution in [0.1, 0.15) is 16.1 Å². The molecule has 0 radical (unpaired) electrons. The third-order valence-electron chi connectivity index (χ3n) is 2.97. The summed E-state index contributed by atoms with van der Waals surface area (Å²) in [5.41, 5.74) is 2.34. The number of rotatable bonds is 5. The Bertz CT molecular complexity index is 793. The maximum atomic E-state index is 11.0. The van der Waals surface area contributed by atoms with Crippen molar-refractivity contribution in [3.8, 4) is 5.75 Å². The number of aromatic carboxylic acids is 1. The third kappa shape index (κ3) is 2.73. The second-order valence-corrected chi connectivity index (χ2v) is 5.26. The number of hydrogen-bond acceptors (Lipinski definition) is 5. The number of aromatic nitrogens is 2. The molecule has 0 unspecified atom stereocenters. The van der Waals surface area contributed by atoms with Gasteiger partial charge in [0.2, 0.25) is 5.76 Å². The summed E-state index contributed by atoms with van der Waals surface area (Å²) in [6.45, 7) is 0. The molecule has 2 heterocycles. The lowest BCUT2D eigenvalue weighted by atomic mass is 10.3. The molecular weight excluding hydrogens is 292 g/mol. The Morgan fingerprint density at radius 3 is 3.10 bits per heavy atom. The average molecular weight is 304 g/mol. The van der Waals surface area contributed by atoms with Crippen molar-refractivity contribution in [1.29, 1.82) is 0 Å². The predicted molar refractivity (Wildman–Crippen MR) is 77.9 cm³/mol. The summed E-state index contributed by atoms with van der Waals surface area (Å²) in [5.74, 6) is 0.130. The minimum Gasteiger partial charge on any atom is -0.497 e. The maximum absolute atomic E-state index is 11.0. The number of methoxy groups -OCH3 is 1. The van der Waals surface area contributed by atoms with E-state index in [0.717, 1.165) is 21.9 Å². The number of carbonyl (C=O) groups is 1. The second kappa shape index (κ2) is 5.53. The van der Waals surface area contributed by atoms with Crippen LogP contribution in [0.5, 0.6) is 5.75 Å². The first kappa shape index (κ1) is 13.6. The molecule has 0 amide bonds. The zero-order valence-corrected chi connectivity index (χ0v) is 11.9. The molecule has 2 aromatic heterocycles. The molecule has 7 heteroatoms. The molecule has 0 aliphatic carbocycles. The molecule has 0 atom stereocenters. The van der Waals surface area contributed by atoms with Gasteiger partial charge in [-0.15, -0.1) is 0 Å². The monoisotopic (exact) mass is 304 g/mol. The summed E-state index contributed by atoms with van der Waals surface area (Å²) < 4.78 is 10.1. The number of hydrogen-bond donors (Lipinski definition) is 2. The van der Waals surface area contributed by atoms with Crippen molar-refractivity contribution in [2.45, 2.75) is 10.9 Å². The van der Waals surface area contributed by atoms with E-state index < -0.39 is 5.97 Å². The molecule has 2 N–H and O–H groups in total. The van der Waals surface area contributed by atoms with Gasteiger partial charge in [-0.2, -0.15) is 0 Å². The van der Waals surface area contributed by atoms with Crippen LogP contribution < -0.4 is 4.74 Å². The van der Waals surface area contributed by atoms with Gasteiger partial charge in [0, 0.05) is 17.4 Å². The van der Waals surface area contributed by atoms with Crippen LogP contribution in [0.25, 0.3) is 11.0 Å². The molecule has 0 saturated heterocycles. The highest BCUT2D eigenvalue weighted by Crippen LogP contribution is 2.26. The number of carboxylic acid groups (broad SMARTS) is 1. The lowest BCUT2D eigenvalue weighted by molar-refractivity contribution is 0.0661. The number of fused-ring (bicyclic) bond motifs is 1. The topological polar surface area (TPSA) is 88.3 Å². The number of carboxylic acids is 1. The van der Waals surface area contributed by atoms with Crippen LogP contribution >= 0.6 is 11.8 Å². The number of nitrogens with one attached hydrogen (secondary N) is 1. The number of H-pyrrole nitrogens is 1. The van der Waals surface area contributed by atoms with Crippen molar-refractivity contribution in [3.63, 3.8) is 0 Å². The molecule has 6 nitrogen and oxygen atoms in total. The van der Waals surface area contributed by atoms with Crippen molar-refractivity contribution in [2.75, 3.05) is 7.11 Å². The van der Waals surface area contributed by atoms with Gasteiger partial charge in [0.1, 0.15) is 5.75 Å². The summed E-state index contributed by atoms with van der Waals surface area (Å²) in [6, 6.07) is 7.24. The largest absolute Gasteiger partial charge is 0.497 e. The molecule has 3 rings (SSSR count). The molecule has 0 fully saturated rings. The van der Waals surface area contributed by atoms with Gasteiger partial charge in [-0.25, -0.2) is 9.78 Å². The van der Waals surface area contributed by atoms with Gasteiger partial charge < -0.3 is 19.2 Å². The summed E-state index contributed by atoms with van der Waals surface area (Å²) in [5, 5.41) is 9.70. The van der Waals surface area contributed by atoms with E-state index in [1.165, 1.54) is 18.0 Å². The van der Waals surface area contributed by atoms with E-state index in [2.05, 4.69) is 9.97 Å². The Hall–Kier alpha value is -2.41.